The predicted octanol–water partition coefficient (Wildman–Crippen LogP) is 4.13. The van der Waals surface area contributed by atoms with Crippen molar-refractivity contribution in [1.29, 1.82) is 0 Å². The maximum absolute atomic E-state index is 11.9. The highest BCUT2D eigenvalue weighted by molar-refractivity contribution is 6.42. The van der Waals surface area contributed by atoms with Crippen LogP contribution in [0.15, 0.2) is 42.7 Å². The van der Waals surface area contributed by atoms with E-state index in [0.29, 0.717) is 29.3 Å². The molecule has 2 nitrogen and oxygen atoms in total. The third-order valence-electron chi connectivity index (χ3n) is 2.83. The fourth-order valence-electron chi connectivity index (χ4n) is 1.82. The van der Waals surface area contributed by atoms with Crippen LogP contribution in [0.5, 0.6) is 0 Å². The number of hydrogen-bond donors (Lipinski definition) is 0. The molecule has 0 atom stereocenters. The van der Waals surface area contributed by atoms with Crippen molar-refractivity contribution in [2.45, 2.75) is 19.3 Å². The Labute approximate surface area is 122 Å². The van der Waals surface area contributed by atoms with Crippen LogP contribution in [0.3, 0.4) is 0 Å². The number of aromatic nitrogens is 1. The first-order chi connectivity index (χ1) is 9.16. The van der Waals surface area contributed by atoms with Gasteiger partial charge < -0.3 is 0 Å². The van der Waals surface area contributed by atoms with Crippen molar-refractivity contribution in [3.63, 3.8) is 0 Å². The molecular formula is C15H13Cl2NO. The van der Waals surface area contributed by atoms with Crippen LogP contribution >= 0.6 is 23.2 Å². The Kier molecular flexibility index (Phi) is 4.94. The number of carbonyl (C=O) groups is 1. The topological polar surface area (TPSA) is 30.0 Å². The zero-order valence-electron chi connectivity index (χ0n) is 10.3. The Morgan fingerprint density at radius 1 is 1.16 bits per heavy atom. The number of Topliss-reactive ketones (excluding diaryl/α,β-unsaturated/α-hetero) is 1. The summed E-state index contributed by atoms with van der Waals surface area (Å²) in [6.45, 7) is 0. The third kappa shape index (κ3) is 4.05. The normalized spacial score (nSPS) is 10.4. The van der Waals surface area contributed by atoms with Crippen molar-refractivity contribution in [2.24, 2.45) is 0 Å². The summed E-state index contributed by atoms with van der Waals surface area (Å²) in [4.78, 5) is 15.9. The quantitative estimate of drug-likeness (QED) is 0.829. The van der Waals surface area contributed by atoms with E-state index < -0.39 is 0 Å². The van der Waals surface area contributed by atoms with Gasteiger partial charge in [-0.25, -0.2) is 0 Å². The zero-order chi connectivity index (χ0) is 13.7. The van der Waals surface area contributed by atoms with Gasteiger partial charge in [-0.15, -0.1) is 0 Å². The molecule has 0 spiro atoms. The van der Waals surface area contributed by atoms with Gasteiger partial charge in [0.05, 0.1) is 10.0 Å². The first kappa shape index (κ1) is 14.0. The van der Waals surface area contributed by atoms with Gasteiger partial charge in [-0.2, -0.15) is 0 Å². The summed E-state index contributed by atoms with van der Waals surface area (Å²) in [5.74, 6) is 0.146. The molecule has 0 radical (unpaired) electrons. The lowest BCUT2D eigenvalue weighted by Gasteiger charge is -2.05. The van der Waals surface area contributed by atoms with Crippen molar-refractivity contribution < 1.29 is 4.79 Å². The van der Waals surface area contributed by atoms with Gasteiger partial charge in [-0.3, -0.25) is 9.78 Å². The van der Waals surface area contributed by atoms with Gasteiger partial charge in [-0.05, 0) is 29.7 Å². The minimum Gasteiger partial charge on any atom is -0.299 e. The highest BCUT2D eigenvalue weighted by atomic mass is 35.5. The fraction of sp³-hybridized carbons (Fsp3) is 0.200. The predicted molar refractivity (Wildman–Crippen MR) is 77.7 cm³/mol. The van der Waals surface area contributed by atoms with Crippen LogP contribution in [0, 0.1) is 0 Å². The van der Waals surface area contributed by atoms with Crippen molar-refractivity contribution >= 4 is 29.0 Å². The summed E-state index contributed by atoms with van der Waals surface area (Å²) >= 11 is 12.0. The molecule has 0 saturated heterocycles. The van der Waals surface area contributed by atoms with Gasteiger partial charge in [0.1, 0.15) is 5.78 Å². The summed E-state index contributed by atoms with van der Waals surface area (Å²) in [6, 6.07) is 9.18. The Morgan fingerprint density at radius 3 is 2.74 bits per heavy atom. The van der Waals surface area contributed by atoms with E-state index in [4.69, 9.17) is 23.2 Å². The van der Waals surface area contributed by atoms with Gasteiger partial charge in [0.25, 0.3) is 0 Å². The molecule has 4 heteroatoms. The molecule has 0 aliphatic rings. The second-order valence-electron chi connectivity index (χ2n) is 4.29. The monoisotopic (exact) mass is 293 g/mol. The third-order valence-corrected chi connectivity index (χ3v) is 3.69. The number of carbonyl (C=O) groups excluding carboxylic acids is 1. The number of benzene rings is 1. The molecule has 0 aliphatic carbocycles. The van der Waals surface area contributed by atoms with E-state index in [9.17, 15) is 4.79 Å². The van der Waals surface area contributed by atoms with Crippen LogP contribution in [-0.4, -0.2) is 10.8 Å². The largest absolute Gasteiger partial charge is 0.299 e. The van der Waals surface area contributed by atoms with Crippen LogP contribution in [0.25, 0.3) is 0 Å². The molecule has 1 heterocycles. The summed E-state index contributed by atoms with van der Waals surface area (Å²) < 4.78 is 0. The number of nitrogens with zero attached hydrogens (tertiary/aromatic N) is 1. The Hall–Kier alpha value is -1.38. The average Bonchev–Trinajstić information content (AvgIpc) is 2.43. The summed E-state index contributed by atoms with van der Waals surface area (Å²) in [5.41, 5.74) is 1.85. The highest BCUT2D eigenvalue weighted by Crippen LogP contribution is 2.26. The molecule has 1 aromatic carbocycles. The number of ketones is 1. The first-order valence-corrected chi connectivity index (χ1v) is 6.76. The van der Waals surface area contributed by atoms with E-state index in [0.717, 1.165) is 11.1 Å². The van der Waals surface area contributed by atoms with Gasteiger partial charge >= 0.3 is 0 Å². The second kappa shape index (κ2) is 6.69. The molecular weight excluding hydrogens is 281 g/mol. The molecule has 0 saturated carbocycles. The van der Waals surface area contributed by atoms with Crippen LogP contribution in [0.1, 0.15) is 17.5 Å². The molecule has 0 bridgehead atoms. The van der Waals surface area contributed by atoms with Gasteiger partial charge in [0.15, 0.2) is 0 Å². The van der Waals surface area contributed by atoms with E-state index in [2.05, 4.69) is 4.98 Å². The Morgan fingerprint density at radius 2 is 2.00 bits per heavy atom. The van der Waals surface area contributed by atoms with Gasteiger partial charge in [0.2, 0.25) is 0 Å². The van der Waals surface area contributed by atoms with Crippen molar-refractivity contribution in [3.8, 4) is 0 Å². The van der Waals surface area contributed by atoms with E-state index in [-0.39, 0.29) is 5.78 Å². The lowest BCUT2D eigenvalue weighted by molar-refractivity contribution is -0.118. The number of aryl methyl sites for hydroxylation is 1. The standard InChI is InChI=1S/C15H13Cl2NO/c16-14-5-1-4-12(15(14)17)9-13(19)7-6-11-3-2-8-18-10-11/h1-5,8,10H,6-7,9H2. The number of hydrogen-bond acceptors (Lipinski definition) is 2. The molecule has 2 aromatic rings. The summed E-state index contributed by atoms with van der Waals surface area (Å²) in [5, 5.41) is 0.957. The molecule has 0 amide bonds. The van der Waals surface area contributed by atoms with Crippen LogP contribution in [0.4, 0.5) is 0 Å². The lowest BCUT2D eigenvalue weighted by Crippen LogP contribution is -2.05. The van der Waals surface area contributed by atoms with E-state index in [1.54, 1.807) is 24.5 Å². The fourth-order valence-corrected chi connectivity index (χ4v) is 2.20. The van der Waals surface area contributed by atoms with Crippen molar-refractivity contribution in [3.05, 3.63) is 63.9 Å². The molecule has 1 aromatic heterocycles. The van der Waals surface area contributed by atoms with Crippen LogP contribution < -0.4 is 0 Å². The minimum absolute atomic E-state index is 0.146. The van der Waals surface area contributed by atoms with Crippen LogP contribution in [0.2, 0.25) is 10.0 Å². The Balaban J connectivity index is 1.93. The molecule has 0 aliphatic heterocycles. The summed E-state index contributed by atoms with van der Waals surface area (Å²) in [7, 11) is 0. The van der Waals surface area contributed by atoms with E-state index in [1.165, 1.54) is 0 Å². The van der Waals surface area contributed by atoms with Gasteiger partial charge in [-0.1, -0.05) is 41.4 Å². The van der Waals surface area contributed by atoms with Crippen molar-refractivity contribution in [1.82, 2.24) is 4.98 Å². The smallest absolute Gasteiger partial charge is 0.137 e. The number of halogens is 2. The summed E-state index contributed by atoms with van der Waals surface area (Å²) in [6.07, 6.45) is 5.00. The first-order valence-electron chi connectivity index (χ1n) is 6.00. The molecule has 98 valence electrons. The number of pyridine rings is 1. The molecule has 0 fully saturated rings. The molecule has 19 heavy (non-hydrogen) atoms. The van der Waals surface area contributed by atoms with Gasteiger partial charge in [0, 0.05) is 25.2 Å². The highest BCUT2D eigenvalue weighted by Gasteiger charge is 2.09. The van der Waals surface area contributed by atoms with Crippen LogP contribution in [-0.2, 0) is 17.6 Å². The zero-order valence-corrected chi connectivity index (χ0v) is 11.8. The molecule has 0 unspecified atom stereocenters. The second-order valence-corrected chi connectivity index (χ2v) is 5.07. The SMILES string of the molecule is O=C(CCc1cccnc1)Cc1cccc(Cl)c1Cl. The number of rotatable bonds is 5. The maximum atomic E-state index is 11.9. The molecule has 2 rings (SSSR count). The lowest BCUT2D eigenvalue weighted by atomic mass is 10.0. The average molecular weight is 294 g/mol. The maximum Gasteiger partial charge on any atom is 0.137 e. The minimum atomic E-state index is 0.146. The van der Waals surface area contributed by atoms with E-state index in [1.807, 2.05) is 18.2 Å². The molecule has 0 N–H and O–H groups in total. The van der Waals surface area contributed by atoms with E-state index >= 15 is 0 Å². The van der Waals surface area contributed by atoms with Crippen molar-refractivity contribution in [2.75, 3.05) is 0 Å². The Bertz CT molecular complexity index is 570.